The molecule has 0 atom stereocenters. The summed E-state index contributed by atoms with van der Waals surface area (Å²) in [7, 11) is 1.40. The van der Waals surface area contributed by atoms with Crippen molar-refractivity contribution in [2.75, 3.05) is 7.11 Å². The van der Waals surface area contributed by atoms with E-state index in [1.54, 1.807) is 0 Å². The quantitative estimate of drug-likeness (QED) is 0.602. The van der Waals surface area contributed by atoms with Gasteiger partial charge in [-0.15, -0.1) is 0 Å². The molecule has 0 aliphatic rings. The second-order valence-corrected chi connectivity index (χ2v) is 2.02. The van der Waals surface area contributed by atoms with Gasteiger partial charge in [-0.3, -0.25) is 4.79 Å². The van der Waals surface area contributed by atoms with Crippen molar-refractivity contribution in [3.63, 3.8) is 0 Å². The Bertz CT molecular complexity index is 341. The lowest BCUT2D eigenvalue weighted by atomic mass is 10.2. The zero-order chi connectivity index (χ0) is 8.97. The normalized spacial score (nSPS) is 8.67. The van der Waals surface area contributed by atoms with E-state index in [-0.39, 0.29) is 11.6 Å². The molecule has 1 heterocycles. The number of carbonyl (C=O) groups excluding carboxylic acids is 1. The number of ether oxygens (including phenoxy) is 1. The number of nitriles is 1. The summed E-state index contributed by atoms with van der Waals surface area (Å²) in [5.41, 5.74) is 0.578. The molecule has 0 fully saturated rings. The minimum absolute atomic E-state index is 0.183. The molecule has 12 heavy (non-hydrogen) atoms. The lowest BCUT2D eigenvalue weighted by Gasteiger charge is -1.99. The first-order chi connectivity index (χ1) is 5.81. The molecule has 0 saturated heterocycles. The Labute approximate surface area is 69.4 Å². The number of rotatable bonds is 2. The third-order valence-electron chi connectivity index (χ3n) is 1.32. The first kappa shape index (κ1) is 8.21. The highest BCUT2D eigenvalue weighted by atomic mass is 16.5. The fourth-order valence-electron chi connectivity index (χ4n) is 0.761. The van der Waals surface area contributed by atoms with Gasteiger partial charge in [0.05, 0.1) is 7.11 Å². The lowest BCUT2D eigenvalue weighted by molar-refractivity contribution is 0.111. The maximum absolute atomic E-state index is 10.3. The van der Waals surface area contributed by atoms with Gasteiger partial charge in [0.15, 0.2) is 6.29 Å². The smallest absolute Gasteiger partial charge is 0.232 e. The van der Waals surface area contributed by atoms with Gasteiger partial charge in [-0.2, -0.15) is 5.26 Å². The van der Waals surface area contributed by atoms with Gasteiger partial charge in [-0.05, 0) is 12.1 Å². The highest BCUT2D eigenvalue weighted by molar-refractivity contribution is 5.72. The van der Waals surface area contributed by atoms with Gasteiger partial charge in [0.2, 0.25) is 5.88 Å². The highest BCUT2D eigenvalue weighted by Gasteiger charge is 2.03. The van der Waals surface area contributed by atoms with Crippen LogP contribution in [0.3, 0.4) is 0 Å². The van der Waals surface area contributed by atoms with Crippen molar-refractivity contribution in [2.45, 2.75) is 0 Å². The second kappa shape index (κ2) is 3.49. The first-order valence-electron chi connectivity index (χ1n) is 3.22. The molecule has 0 spiro atoms. The summed E-state index contributed by atoms with van der Waals surface area (Å²) in [6, 6.07) is 4.86. The zero-order valence-corrected chi connectivity index (χ0v) is 6.44. The number of hydrogen-bond acceptors (Lipinski definition) is 4. The molecular formula is C8H6N2O2. The monoisotopic (exact) mass is 162 g/mol. The Morgan fingerprint density at radius 3 is 2.92 bits per heavy atom. The molecule has 0 aliphatic heterocycles. The van der Waals surface area contributed by atoms with E-state index in [0.29, 0.717) is 11.8 Å². The summed E-state index contributed by atoms with van der Waals surface area (Å²) in [4.78, 5) is 14.0. The fourth-order valence-corrected chi connectivity index (χ4v) is 0.761. The summed E-state index contributed by atoms with van der Waals surface area (Å²) in [6.45, 7) is 0. The van der Waals surface area contributed by atoms with Crippen molar-refractivity contribution in [1.82, 2.24) is 4.98 Å². The molecule has 1 aromatic rings. The van der Waals surface area contributed by atoms with Gasteiger partial charge in [-0.25, -0.2) is 4.98 Å². The minimum Gasteiger partial charge on any atom is -0.480 e. The summed E-state index contributed by atoms with van der Waals surface area (Å²) >= 11 is 0. The van der Waals surface area contributed by atoms with Crippen LogP contribution in [-0.4, -0.2) is 18.4 Å². The van der Waals surface area contributed by atoms with E-state index in [4.69, 9.17) is 10.00 Å². The Hall–Kier alpha value is -1.89. The van der Waals surface area contributed by atoms with E-state index in [1.165, 1.54) is 19.2 Å². The average Bonchev–Trinajstić information content (AvgIpc) is 2.16. The van der Waals surface area contributed by atoms with Crippen LogP contribution in [0.5, 0.6) is 5.88 Å². The number of pyridine rings is 1. The third kappa shape index (κ3) is 1.40. The number of carbonyl (C=O) groups is 1. The van der Waals surface area contributed by atoms with Crippen LogP contribution in [0, 0.1) is 11.3 Å². The zero-order valence-electron chi connectivity index (χ0n) is 6.44. The maximum Gasteiger partial charge on any atom is 0.232 e. The topological polar surface area (TPSA) is 63.0 Å². The molecule has 4 nitrogen and oxygen atoms in total. The van der Waals surface area contributed by atoms with Crippen molar-refractivity contribution in [3.05, 3.63) is 23.4 Å². The molecule has 0 amide bonds. The predicted molar refractivity (Wildman–Crippen MR) is 40.9 cm³/mol. The molecule has 0 aliphatic carbocycles. The lowest BCUT2D eigenvalue weighted by Crippen LogP contribution is -1.95. The van der Waals surface area contributed by atoms with Crippen LogP contribution in [0.25, 0.3) is 0 Å². The fraction of sp³-hybridized carbons (Fsp3) is 0.125. The Kier molecular flexibility index (Phi) is 2.38. The largest absolute Gasteiger partial charge is 0.480 e. The van der Waals surface area contributed by atoms with Crippen LogP contribution in [0.15, 0.2) is 12.1 Å². The van der Waals surface area contributed by atoms with Crippen LogP contribution in [0.1, 0.15) is 16.1 Å². The Morgan fingerprint density at radius 2 is 2.42 bits per heavy atom. The van der Waals surface area contributed by atoms with E-state index in [0.717, 1.165) is 0 Å². The van der Waals surface area contributed by atoms with Crippen molar-refractivity contribution in [3.8, 4) is 11.9 Å². The summed E-state index contributed by atoms with van der Waals surface area (Å²) in [5.74, 6) is 0.183. The maximum atomic E-state index is 10.3. The van der Waals surface area contributed by atoms with Crippen molar-refractivity contribution >= 4 is 6.29 Å². The number of methoxy groups -OCH3 is 1. The van der Waals surface area contributed by atoms with Crippen LogP contribution in [0.2, 0.25) is 0 Å². The van der Waals surface area contributed by atoms with Gasteiger partial charge >= 0.3 is 0 Å². The second-order valence-electron chi connectivity index (χ2n) is 2.02. The molecule has 4 heteroatoms. The first-order valence-corrected chi connectivity index (χ1v) is 3.22. The number of aromatic nitrogens is 1. The minimum atomic E-state index is 0.183. The van der Waals surface area contributed by atoms with E-state index in [1.807, 2.05) is 6.07 Å². The van der Waals surface area contributed by atoms with E-state index < -0.39 is 0 Å². The van der Waals surface area contributed by atoms with Crippen molar-refractivity contribution in [1.29, 1.82) is 5.26 Å². The molecule has 60 valence electrons. The molecule has 0 bridgehead atoms. The number of nitrogens with zero attached hydrogens (tertiary/aromatic N) is 2. The SMILES string of the molecule is COc1nc(C=O)ccc1C#N. The van der Waals surface area contributed by atoms with Gasteiger partial charge in [-0.1, -0.05) is 0 Å². The van der Waals surface area contributed by atoms with E-state index >= 15 is 0 Å². The molecule has 0 saturated carbocycles. The van der Waals surface area contributed by atoms with Gasteiger partial charge < -0.3 is 4.74 Å². The third-order valence-corrected chi connectivity index (χ3v) is 1.32. The van der Waals surface area contributed by atoms with Crippen LogP contribution >= 0.6 is 0 Å². The standard InChI is InChI=1S/C8H6N2O2/c1-12-8-6(4-9)2-3-7(5-11)10-8/h2-3,5H,1H3. The molecule has 0 N–H and O–H groups in total. The summed E-state index contributed by atoms with van der Waals surface area (Å²) in [5, 5.41) is 8.55. The molecular weight excluding hydrogens is 156 g/mol. The van der Waals surface area contributed by atoms with Gasteiger partial charge in [0.25, 0.3) is 0 Å². The average molecular weight is 162 g/mol. The Balaban J connectivity index is 3.21. The van der Waals surface area contributed by atoms with Gasteiger partial charge in [0.1, 0.15) is 17.3 Å². The molecule has 0 unspecified atom stereocenters. The summed E-state index contributed by atoms with van der Waals surface area (Å²) < 4.78 is 4.79. The number of aldehydes is 1. The molecule has 1 aromatic heterocycles. The number of hydrogen-bond donors (Lipinski definition) is 0. The van der Waals surface area contributed by atoms with Crippen LogP contribution in [-0.2, 0) is 0 Å². The highest BCUT2D eigenvalue weighted by Crippen LogP contribution is 2.13. The van der Waals surface area contributed by atoms with Crippen molar-refractivity contribution in [2.24, 2.45) is 0 Å². The Morgan fingerprint density at radius 1 is 1.67 bits per heavy atom. The molecule has 1 rings (SSSR count). The van der Waals surface area contributed by atoms with Gasteiger partial charge in [0, 0.05) is 0 Å². The van der Waals surface area contributed by atoms with E-state index in [9.17, 15) is 4.79 Å². The molecule has 0 radical (unpaired) electrons. The van der Waals surface area contributed by atoms with Crippen LogP contribution in [0.4, 0.5) is 0 Å². The van der Waals surface area contributed by atoms with E-state index in [2.05, 4.69) is 4.98 Å². The predicted octanol–water partition coefficient (Wildman–Crippen LogP) is 0.774. The summed E-state index contributed by atoms with van der Waals surface area (Å²) in [6.07, 6.45) is 0.601. The van der Waals surface area contributed by atoms with Crippen molar-refractivity contribution < 1.29 is 9.53 Å². The van der Waals surface area contributed by atoms with Crippen LogP contribution < -0.4 is 4.74 Å². The molecule has 0 aromatic carbocycles.